The van der Waals surface area contributed by atoms with Crippen molar-refractivity contribution in [3.05, 3.63) is 29.3 Å². The van der Waals surface area contributed by atoms with Crippen molar-refractivity contribution < 1.29 is 14.4 Å². The van der Waals surface area contributed by atoms with E-state index in [1.54, 1.807) is 11.3 Å². The first-order chi connectivity index (χ1) is 14.1. The maximum atomic E-state index is 13.0. The van der Waals surface area contributed by atoms with Crippen LogP contribution in [0.25, 0.3) is 10.2 Å². The van der Waals surface area contributed by atoms with Gasteiger partial charge >= 0.3 is 0 Å². The van der Waals surface area contributed by atoms with Crippen molar-refractivity contribution in [2.75, 3.05) is 13.1 Å². The lowest BCUT2D eigenvalue weighted by Crippen LogP contribution is -2.37. The van der Waals surface area contributed by atoms with Crippen molar-refractivity contribution in [1.29, 1.82) is 0 Å². The smallest absolute Gasteiger partial charge is 0.233 e. The molecule has 3 atom stereocenters. The first kappa shape index (κ1) is 18.7. The van der Waals surface area contributed by atoms with Gasteiger partial charge in [0.1, 0.15) is 5.01 Å². The monoisotopic (exact) mass is 411 g/mol. The SMILES string of the molecule is O=C1C2CCCCC2C(=O)N1CCC(=O)N1CCCC1c1nc2ccccc2s1. The molecule has 2 aromatic rings. The van der Waals surface area contributed by atoms with Crippen LogP contribution in [0.2, 0.25) is 0 Å². The molecule has 1 aromatic heterocycles. The number of benzene rings is 1. The molecule has 29 heavy (non-hydrogen) atoms. The first-order valence-corrected chi connectivity index (χ1v) is 11.5. The van der Waals surface area contributed by atoms with Crippen LogP contribution < -0.4 is 0 Å². The Balaban J connectivity index is 1.26. The van der Waals surface area contributed by atoms with Gasteiger partial charge in [0.05, 0.1) is 28.1 Å². The van der Waals surface area contributed by atoms with Gasteiger partial charge in [0, 0.05) is 19.5 Å². The second-order valence-corrected chi connectivity index (χ2v) is 9.40. The normalized spacial score (nSPS) is 27.1. The Hall–Kier alpha value is -2.28. The zero-order valence-electron chi connectivity index (χ0n) is 16.4. The van der Waals surface area contributed by atoms with E-state index in [2.05, 4.69) is 6.07 Å². The van der Waals surface area contributed by atoms with Gasteiger partial charge in [-0.25, -0.2) is 4.98 Å². The fourth-order valence-electron chi connectivity index (χ4n) is 5.16. The number of imide groups is 1. The molecule has 3 aliphatic rings. The summed E-state index contributed by atoms with van der Waals surface area (Å²) in [5, 5.41) is 0.983. The van der Waals surface area contributed by atoms with E-state index in [0.29, 0.717) is 6.54 Å². The zero-order valence-corrected chi connectivity index (χ0v) is 17.2. The third-order valence-corrected chi connectivity index (χ3v) is 7.79. The molecule has 7 heteroatoms. The number of nitrogens with zero attached hydrogens (tertiary/aromatic N) is 3. The third-order valence-electron chi connectivity index (χ3n) is 6.65. The van der Waals surface area contributed by atoms with Gasteiger partial charge in [-0.1, -0.05) is 25.0 Å². The fraction of sp³-hybridized carbons (Fsp3) is 0.545. The van der Waals surface area contributed by atoms with E-state index in [1.165, 1.54) is 4.90 Å². The molecular formula is C22H25N3O3S. The van der Waals surface area contributed by atoms with Crippen LogP contribution in [0.1, 0.15) is 56.0 Å². The van der Waals surface area contributed by atoms with Crippen LogP contribution in [0.4, 0.5) is 0 Å². The van der Waals surface area contributed by atoms with E-state index in [0.717, 1.165) is 53.7 Å². The molecule has 3 heterocycles. The highest BCUT2D eigenvalue weighted by Crippen LogP contribution is 2.39. The Morgan fingerprint density at radius 2 is 1.76 bits per heavy atom. The number of hydrogen-bond acceptors (Lipinski definition) is 5. The number of aromatic nitrogens is 1. The maximum Gasteiger partial charge on any atom is 0.233 e. The van der Waals surface area contributed by atoms with E-state index in [1.807, 2.05) is 23.1 Å². The summed E-state index contributed by atoms with van der Waals surface area (Å²) in [6, 6.07) is 8.05. The molecule has 1 aliphatic carbocycles. The average Bonchev–Trinajstić information content (AvgIpc) is 3.44. The highest BCUT2D eigenvalue weighted by molar-refractivity contribution is 7.18. The summed E-state index contributed by atoms with van der Waals surface area (Å²) in [6.45, 7) is 0.930. The number of thiazole rings is 1. The third kappa shape index (κ3) is 3.25. The van der Waals surface area contributed by atoms with Gasteiger partial charge in [-0.05, 0) is 37.8 Å². The highest BCUT2D eigenvalue weighted by atomic mass is 32.1. The van der Waals surface area contributed by atoms with Crippen molar-refractivity contribution >= 4 is 39.3 Å². The number of carbonyl (C=O) groups excluding carboxylic acids is 3. The van der Waals surface area contributed by atoms with Crippen LogP contribution in [0, 0.1) is 11.8 Å². The summed E-state index contributed by atoms with van der Waals surface area (Å²) in [4.78, 5) is 46.3. The molecule has 1 aromatic carbocycles. The highest BCUT2D eigenvalue weighted by Gasteiger charge is 2.48. The first-order valence-electron chi connectivity index (χ1n) is 10.6. The Morgan fingerprint density at radius 1 is 1.03 bits per heavy atom. The molecule has 0 radical (unpaired) electrons. The molecule has 6 nitrogen and oxygen atoms in total. The molecule has 3 fully saturated rings. The zero-order chi connectivity index (χ0) is 20.0. The van der Waals surface area contributed by atoms with Crippen molar-refractivity contribution in [1.82, 2.24) is 14.8 Å². The van der Waals surface area contributed by atoms with Gasteiger partial charge in [-0.15, -0.1) is 11.3 Å². The molecule has 1 saturated carbocycles. The number of amides is 3. The molecule has 3 unspecified atom stereocenters. The van der Waals surface area contributed by atoms with E-state index in [9.17, 15) is 14.4 Å². The predicted molar refractivity (Wildman–Crippen MR) is 110 cm³/mol. The maximum absolute atomic E-state index is 13.0. The molecule has 152 valence electrons. The van der Waals surface area contributed by atoms with Crippen LogP contribution in [-0.2, 0) is 14.4 Å². The van der Waals surface area contributed by atoms with Crippen LogP contribution in [0.15, 0.2) is 24.3 Å². The Labute approximate surface area is 173 Å². The van der Waals surface area contributed by atoms with Crippen LogP contribution >= 0.6 is 11.3 Å². The second kappa shape index (κ2) is 7.52. The number of fused-ring (bicyclic) bond motifs is 2. The average molecular weight is 412 g/mol. The summed E-state index contributed by atoms with van der Waals surface area (Å²) < 4.78 is 1.14. The molecule has 0 spiro atoms. The van der Waals surface area contributed by atoms with Crippen molar-refractivity contribution in [2.45, 2.75) is 51.0 Å². The summed E-state index contributed by atoms with van der Waals surface area (Å²) >= 11 is 1.65. The fourth-order valence-corrected chi connectivity index (χ4v) is 6.27. The lowest BCUT2D eigenvalue weighted by atomic mass is 9.81. The van der Waals surface area contributed by atoms with Crippen LogP contribution in [0.3, 0.4) is 0 Å². The second-order valence-electron chi connectivity index (χ2n) is 8.34. The Kier molecular flexibility index (Phi) is 4.86. The van der Waals surface area contributed by atoms with Crippen LogP contribution in [0.5, 0.6) is 0 Å². The minimum absolute atomic E-state index is 0.00691. The summed E-state index contributed by atoms with van der Waals surface area (Å²) in [5.41, 5.74) is 0.975. The minimum Gasteiger partial charge on any atom is -0.333 e. The van der Waals surface area contributed by atoms with Gasteiger partial charge in [0.15, 0.2) is 0 Å². The predicted octanol–water partition coefficient (Wildman–Crippen LogP) is 3.53. The van der Waals surface area contributed by atoms with Crippen molar-refractivity contribution in [3.8, 4) is 0 Å². The van der Waals surface area contributed by atoms with Gasteiger partial charge in [-0.3, -0.25) is 19.3 Å². The molecule has 0 bridgehead atoms. The lowest BCUT2D eigenvalue weighted by Gasteiger charge is -2.24. The Morgan fingerprint density at radius 3 is 2.48 bits per heavy atom. The largest absolute Gasteiger partial charge is 0.333 e. The number of hydrogen-bond donors (Lipinski definition) is 0. The van der Waals surface area contributed by atoms with Crippen molar-refractivity contribution in [2.24, 2.45) is 11.8 Å². The van der Waals surface area contributed by atoms with Gasteiger partial charge in [0.25, 0.3) is 0 Å². The number of para-hydroxylation sites is 1. The van der Waals surface area contributed by atoms with Gasteiger partial charge in [-0.2, -0.15) is 0 Å². The van der Waals surface area contributed by atoms with E-state index >= 15 is 0 Å². The van der Waals surface area contributed by atoms with E-state index < -0.39 is 0 Å². The standard InChI is InChI=1S/C22H25N3O3S/c26-19(11-13-25-21(27)14-6-1-2-7-15(14)22(25)28)24-12-5-9-17(24)20-23-16-8-3-4-10-18(16)29-20/h3-4,8,10,14-15,17H,1-2,5-7,9,11-13H2. The molecular weight excluding hydrogens is 386 g/mol. The quantitative estimate of drug-likeness (QED) is 0.722. The van der Waals surface area contributed by atoms with Gasteiger partial charge in [0.2, 0.25) is 17.7 Å². The topological polar surface area (TPSA) is 70.6 Å². The lowest BCUT2D eigenvalue weighted by molar-refractivity contribution is -0.141. The van der Waals surface area contributed by atoms with E-state index in [4.69, 9.17) is 4.98 Å². The van der Waals surface area contributed by atoms with E-state index in [-0.39, 0.29) is 48.6 Å². The molecule has 5 rings (SSSR count). The molecule has 2 saturated heterocycles. The summed E-state index contributed by atoms with van der Waals surface area (Å²) in [5.74, 6) is -0.391. The summed E-state index contributed by atoms with van der Waals surface area (Å²) in [7, 11) is 0. The molecule has 2 aliphatic heterocycles. The molecule has 3 amide bonds. The molecule has 0 N–H and O–H groups in total. The number of carbonyl (C=O) groups is 3. The van der Waals surface area contributed by atoms with Crippen molar-refractivity contribution in [3.63, 3.8) is 0 Å². The summed E-state index contributed by atoms with van der Waals surface area (Å²) in [6.07, 6.45) is 5.74. The van der Waals surface area contributed by atoms with Crippen LogP contribution in [-0.4, -0.2) is 45.6 Å². The number of rotatable bonds is 4. The minimum atomic E-state index is -0.145. The number of likely N-dealkylation sites (tertiary alicyclic amines) is 2. The Bertz CT molecular complexity index is 914. The van der Waals surface area contributed by atoms with Gasteiger partial charge < -0.3 is 4.90 Å².